The molecular weight excluding hydrogens is 461 g/mol. The molecule has 0 aromatic carbocycles. The van der Waals surface area contributed by atoms with Gasteiger partial charge in [0.1, 0.15) is 30.4 Å². The summed E-state index contributed by atoms with van der Waals surface area (Å²) in [5.74, 6) is 0.916. The predicted octanol–water partition coefficient (Wildman–Crippen LogP) is 3.28. The number of hydrogen-bond donors (Lipinski definition) is 1. The number of nitrogens with one attached hydrogen (secondary N) is 1. The number of aromatic nitrogens is 2. The first-order valence-corrected chi connectivity index (χ1v) is 19.2. The highest BCUT2D eigenvalue weighted by Crippen LogP contribution is 2.42. The summed E-state index contributed by atoms with van der Waals surface area (Å²) < 4.78 is 6.66. The van der Waals surface area contributed by atoms with Gasteiger partial charge in [-0.15, -0.1) is 22.0 Å². The van der Waals surface area contributed by atoms with Gasteiger partial charge in [-0.1, -0.05) is 42.7 Å². The Morgan fingerprint density at radius 1 is 1.28 bits per heavy atom. The van der Waals surface area contributed by atoms with E-state index in [0.717, 1.165) is 14.9 Å². The lowest BCUT2D eigenvalue weighted by Crippen LogP contribution is -2.73. The molecule has 29 heavy (non-hydrogen) atoms. The highest BCUT2D eigenvalue weighted by Gasteiger charge is 2.54. The van der Waals surface area contributed by atoms with Crippen molar-refractivity contribution in [3.63, 3.8) is 0 Å². The van der Waals surface area contributed by atoms with Crippen LogP contribution in [0.25, 0.3) is 0 Å². The molecule has 160 valence electrons. The maximum Gasteiger partial charge on any atom is 0.341 e. The van der Waals surface area contributed by atoms with Gasteiger partial charge in [-0.05, 0) is 32.1 Å². The van der Waals surface area contributed by atoms with Crippen molar-refractivity contribution < 1.29 is 14.0 Å². The van der Waals surface area contributed by atoms with E-state index in [9.17, 15) is 9.59 Å². The van der Waals surface area contributed by atoms with Crippen LogP contribution >= 0.6 is 34.9 Å². The van der Waals surface area contributed by atoms with Crippen LogP contribution in [0, 0.1) is 6.92 Å². The van der Waals surface area contributed by atoms with E-state index in [-0.39, 0.29) is 23.3 Å². The largest absolute Gasteiger partial charge is 0.515 e. The molecule has 1 aromatic rings. The Balaban J connectivity index is 1.85. The fourth-order valence-electron chi connectivity index (χ4n) is 3.06. The smallest absolute Gasteiger partial charge is 0.341 e. The van der Waals surface area contributed by atoms with Crippen molar-refractivity contribution in [2.45, 2.75) is 62.0 Å². The third-order valence-corrected chi connectivity index (χ3v) is 9.48. The summed E-state index contributed by atoms with van der Waals surface area (Å²) in [6, 6.07) is -0.221. The lowest BCUT2D eigenvalue weighted by atomic mass is 10.0. The van der Waals surface area contributed by atoms with Crippen LogP contribution in [0.5, 0.6) is 0 Å². The van der Waals surface area contributed by atoms with Gasteiger partial charge in [-0.2, -0.15) is 0 Å². The van der Waals surface area contributed by atoms with Gasteiger partial charge in [0.25, 0.3) is 0 Å². The van der Waals surface area contributed by atoms with E-state index in [1.54, 1.807) is 28.4 Å². The van der Waals surface area contributed by atoms with Crippen molar-refractivity contribution >= 4 is 63.3 Å². The lowest BCUT2D eigenvalue weighted by molar-refractivity contribution is -0.147. The molecule has 2 aliphatic rings. The van der Waals surface area contributed by atoms with E-state index in [1.807, 2.05) is 26.6 Å². The van der Waals surface area contributed by atoms with E-state index < -0.39 is 16.6 Å². The molecule has 2 atom stereocenters. The minimum Gasteiger partial charge on any atom is -0.515 e. The molecule has 1 N–H and O–H groups in total. The van der Waals surface area contributed by atoms with Gasteiger partial charge < -0.3 is 9.41 Å². The molecular formula is C17H28N4O3S3Si2. The van der Waals surface area contributed by atoms with E-state index in [1.165, 1.54) is 11.3 Å². The Labute approximate surface area is 186 Å². The molecule has 1 saturated heterocycles. The van der Waals surface area contributed by atoms with E-state index in [0.29, 0.717) is 17.2 Å². The average molecular weight is 489 g/mol. The first kappa shape index (κ1) is 23.0. The van der Waals surface area contributed by atoms with Gasteiger partial charge in [0.15, 0.2) is 4.34 Å². The molecule has 0 aliphatic carbocycles. The Hall–Kier alpha value is -0.666. The maximum absolute atomic E-state index is 13.1. The van der Waals surface area contributed by atoms with Gasteiger partial charge in [0.2, 0.25) is 14.2 Å². The van der Waals surface area contributed by atoms with Crippen LogP contribution in [0.15, 0.2) is 15.6 Å². The summed E-state index contributed by atoms with van der Waals surface area (Å²) >= 11 is 4.81. The minimum absolute atomic E-state index is 0.0265. The van der Waals surface area contributed by atoms with Crippen LogP contribution in [0.4, 0.5) is 0 Å². The van der Waals surface area contributed by atoms with Crippen molar-refractivity contribution in [3.05, 3.63) is 16.3 Å². The van der Waals surface area contributed by atoms with Crippen LogP contribution in [0.2, 0.25) is 39.3 Å². The molecule has 3 heterocycles. The van der Waals surface area contributed by atoms with Crippen LogP contribution < -0.4 is 4.98 Å². The van der Waals surface area contributed by atoms with Crippen LogP contribution in [0.3, 0.4) is 0 Å². The maximum atomic E-state index is 13.1. The third-order valence-electron chi connectivity index (χ3n) is 4.11. The third kappa shape index (κ3) is 5.53. The number of thioether (sulfide) groups is 2. The Kier molecular flexibility index (Phi) is 6.71. The molecule has 0 unspecified atom stereocenters. The highest BCUT2D eigenvalue weighted by molar-refractivity contribution is 8.01. The van der Waals surface area contributed by atoms with Gasteiger partial charge in [-0.25, -0.2) is 4.79 Å². The Bertz CT molecular complexity index is 848. The van der Waals surface area contributed by atoms with E-state index in [2.05, 4.69) is 34.8 Å². The SMILES string of the molecule is Cc1nnc(SCC2=C(C(=O)O[Si](C)(C)C)N3C(=O)[C@@H](N[Si](C)(C)C)[C@H]3SC2)s1. The molecule has 0 bridgehead atoms. The number of nitrogens with zero attached hydrogens (tertiary/aromatic N) is 3. The summed E-state index contributed by atoms with van der Waals surface area (Å²) in [5, 5.41) is 9.07. The number of aryl methyl sites for hydroxylation is 1. The standard InChI is InChI=1S/C17H28N4O3S3Si2/c1-10-18-19-17(27-10)26-9-11-8-25-15-12(20-28(2,3)4)14(22)21(15)13(11)16(23)24-29(5,6)7/h12,15,20H,8-9H2,1-7H3/t12-,15-/m1/s1. The zero-order valence-corrected chi connectivity index (χ0v) is 22.3. The number of amides is 1. The second-order valence-electron chi connectivity index (χ2n) is 9.11. The predicted molar refractivity (Wildman–Crippen MR) is 125 cm³/mol. The van der Waals surface area contributed by atoms with Crippen molar-refractivity contribution in [1.29, 1.82) is 0 Å². The molecule has 12 heteroatoms. The minimum atomic E-state index is -2.09. The summed E-state index contributed by atoms with van der Waals surface area (Å²) in [5.41, 5.74) is 1.38. The lowest BCUT2D eigenvalue weighted by Gasteiger charge is -2.51. The molecule has 1 aromatic heterocycles. The molecule has 3 rings (SSSR count). The quantitative estimate of drug-likeness (QED) is 0.356. The van der Waals surface area contributed by atoms with Crippen molar-refractivity contribution in [1.82, 2.24) is 20.1 Å². The summed E-state index contributed by atoms with van der Waals surface area (Å²) in [7, 11) is -3.71. The molecule has 1 fully saturated rings. The number of carbonyl (C=O) groups is 2. The second-order valence-corrected chi connectivity index (χ2v) is 21.8. The van der Waals surface area contributed by atoms with Gasteiger partial charge in [0.05, 0.1) is 0 Å². The van der Waals surface area contributed by atoms with Crippen molar-refractivity contribution in [2.24, 2.45) is 0 Å². The number of carbonyl (C=O) groups excluding carboxylic acids is 2. The van der Waals surface area contributed by atoms with Gasteiger partial charge in [-0.3, -0.25) is 9.69 Å². The molecule has 7 nitrogen and oxygen atoms in total. The first-order valence-electron chi connectivity index (χ1n) is 9.46. The topological polar surface area (TPSA) is 84.4 Å². The molecule has 2 aliphatic heterocycles. The van der Waals surface area contributed by atoms with Crippen LogP contribution in [-0.2, 0) is 14.0 Å². The highest BCUT2D eigenvalue weighted by atomic mass is 32.2. The summed E-state index contributed by atoms with van der Waals surface area (Å²) in [6.07, 6.45) is 0. The van der Waals surface area contributed by atoms with Gasteiger partial charge >= 0.3 is 5.97 Å². The van der Waals surface area contributed by atoms with Crippen molar-refractivity contribution in [2.75, 3.05) is 11.5 Å². The molecule has 0 radical (unpaired) electrons. The first-order chi connectivity index (χ1) is 13.4. The molecule has 0 spiro atoms. The Morgan fingerprint density at radius 2 is 1.97 bits per heavy atom. The molecule has 0 saturated carbocycles. The fourth-order valence-corrected chi connectivity index (χ4v) is 8.35. The number of rotatable bonds is 7. The monoisotopic (exact) mass is 488 g/mol. The number of fused-ring (bicyclic) bond motifs is 1. The summed E-state index contributed by atoms with van der Waals surface area (Å²) in [4.78, 5) is 31.3. The normalized spacial score (nSPS) is 22.4. The zero-order chi connectivity index (χ0) is 21.6. The molecule has 1 amide bonds. The van der Waals surface area contributed by atoms with Crippen LogP contribution in [0.1, 0.15) is 5.01 Å². The van der Waals surface area contributed by atoms with Crippen LogP contribution in [-0.4, -0.2) is 66.4 Å². The van der Waals surface area contributed by atoms with Crippen molar-refractivity contribution in [3.8, 4) is 0 Å². The van der Waals surface area contributed by atoms with E-state index >= 15 is 0 Å². The Morgan fingerprint density at radius 3 is 2.52 bits per heavy atom. The van der Waals surface area contributed by atoms with Gasteiger partial charge in [0, 0.05) is 11.5 Å². The number of β-lactam (4-membered cyclic amide) rings is 1. The second kappa shape index (κ2) is 8.46. The zero-order valence-electron chi connectivity index (χ0n) is 17.9. The summed E-state index contributed by atoms with van der Waals surface area (Å²) in [6.45, 7) is 14.4. The van der Waals surface area contributed by atoms with E-state index in [4.69, 9.17) is 4.43 Å². The fraction of sp³-hybridized carbons (Fsp3) is 0.647. The number of hydrogen-bond acceptors (Lipinski definition) is 9. The average Bonchev–Trinajstić information content (AvgIpc) is 3.00.